The summed E-state index contributed by atoms with van der Waals surface area (Å²) in [6, 6.07) is 2.05. The lowest BCUT2D eigenvalue weighted by Crippen LogP contribution is -2.06. The van der Waals surface area contributed by atoms with Gasteiger partial charge in [-0.3, -0.25) is 4.79 Å². The Kier molecular flexibility index (Phi) is 2.93. The van der Waals surface area contributed by atoms with Crippen molar-refractivity contribution in [2.75, 3.05) is 0 Å². The Hall–Kier alpha value is -0.350. The van der Waals surface area contributed by atoms with Crippen molar-refractivity contribution in [2.24, 2.45) is 5.92 Å². The molecule has 0 amide bonds. The molecule has 1 unspecified atom stereocenters. The van der Waals surface area contributed by atoms with Crippen LogP contribution in [0.4, 0.5) is 0 Å². The highest BCUT2D eigenvalue weighted by molar-refractivity contribution is 9.10. The zero-order chi connectivity index (χ0) is 10.1. The largest absolute Gasteiger partial charge is 0.481 e. The van der Waals surface area contributed by atoms with E-state index in [0.29, 0.717) is 5.92 Å². The third-order valence-electron chi connectivity index (χ3n) is 2.54. The van der Waals surface area contributed by atoms with E-state index < -0.39 is 5.97 Å². The van der Waals surface area contributed by atoms with Gasteiger partial charge in [-0.1, -0.05) is 0 Å². The van der Waals surface area contributed by atoms with Crippen LogP contribution >= 0.6 is 27.3 Å². The summed E-state index contributed by atoms with van der Waals surface area (Å²) in [4.78, 5) is 11.9. The van der Waals surface area contributed by atoms with E-state index in [2.05, 4.69) is 22.0 Å². The Morgan fingerprint density at radius 1 is 1.71 bits per heavy atom. The van der Waals surface area contributed by atoms with Crippen LogP contribution in [0, 0.1) is 5.92 Å². The number of hydrogen-bond acceptors (Lipinski definition) is 2. The number of rotatable bonds is 4. The minimum Gasteiger partial charge on any atom is -0.481 e. The van der Waals surface area contributed by atoms with Gasteiger partial charge in [-0.15, -0.1) is 11.3 Å². The van der Waals surface area contributed by atoms with Crippen molar-refractivity contribution in [3.05, 3.63) is 20.8 Å². The maximum absolute atomic E-state index is 10.7. The fraction of sp³-hybridized carbons (Fsp3) is 0.500. The molecule has 1 aromatic heterocycles. The molecule has 0 aliphatic heterocycles. The number of hydrogen-bond donors (Lipinski definition) is 1. The monoisotopic (exact) mass is 274 g/mol. The third kappa shape index (κ3) is 2.36. The summed E-state index contributed by atoms with van der Waals surface area (Å²) in [6.07, 6.45) is 2.65. The Morgan fingerprint density at radius 3 is 2.86 bits per heavy atom. The molecular formula is C10H11BrO2S. The van der Waals surface area contributed by atoms with Crippen LogP contribution in [0.15, 0.2) is 15.9 Å². The van der Waals surface area contributed by atoms with Gasteiger partial charge in [0.25, 0.3) is 0 Å². The molecule has 0 bridgehead atoms. The summed E-state index contributed by atoms with van der Waals surface area (Å²) in [5, 5.41) is 10.8. The zero-order valence-corrected chi connectivity index (χ0v) is 9.97. The molecule has 14 heavy (non-hydrogen) atoms. The van der Waals surface area contributed by atoms with E-state index >= 15 is 0 Å². The van der Waals surface area contributed by atoms with Gasteiger partial charge in [0, 0.05) is 20.6 Å². The summed E-state index contributed by atoms with van der Waals surface area (Å²) in [6.45, 7) is 0. The van der Waals surface area contributed by atoms with Gasteiger partial charge in [0.05, 0.1) is 6.42 Å². The van der Waals surface area contributed by atoms with Crippen molar-refractivity contribution in [1.29, 1.82) is 0 Å². The predicted octanol–water partition coefficient (Wildman–Crippen LogP) is 3.48. The molecule has 0 spiro atoms. The topological polar surface area (TPSA) is 37.3 Å². The van der Waals surface area contributed by atoms with Gasteiger partial charge < -0.3 is 5.11 Å². The number of thiophene rings is 1. The quantitative estimate of drug-likeness (QED) is 0.913. The highest BCUT2D eigenvalue weighted by atomic mass is 79.9. The molecule has 0 radical (unpaired) electrons. The number of carbonyl (C=O) groups is 1. The molecule has 0 aromatic carbocycles. The molecule has 1 atom stereocenters. The highest BCUT2D eigenvalue weighted by Gasteiger charge is 2.34. The molecule has 1 aliphatic carbocycles. The molecule has 76 valence electrons. The van der Waals surface area contributed by atoms with Crippen LogP contribution in [-0.4, -0.2) is 11.1 Å². The summed E-state index contributed by atoms with van der Waals surface area (Å²) in [7, 11) is 0. The predicted molar refractivity (Wildman–Crippen MR) is 59.7 cm³/mol. The summed E-state index contributed by atoms with van der Waals surface area (Å²) in [5.74, 6) is 0.159. The van der Waals surface area contributed by atoms with E-state index in [-0.39, 0.29) is 12.3 Å². The standard InChI is InChI=1S/C10H11BrO2S/c11-7-3-9(14-5-7)8(4-10(12)13)6-1-2-6/h3,5-6,8H,1-2,4H2,(H,12,13). The van der Waals surface area contributed by atoms with E-state index in [9.17, 15) is 4.79 Å². The summed E-state index contributed by atoms with van der Waals surface area (Å²) < 4.78 is 1.06. The van der Waals surface area contributed by atoms with Gasteiger partial charge in [0.1, 0.15) is 0 Å². The summed E-state index contributed by atoms with van der Waals surface area (Å²) >= 11 is 5.06. The fourth-order valence-corrected chi connectivity index (χ4v) is 3.35. The van der Waals surface area contributed by atoms with Crippen molar-refractivity contribution < 1.29 is 9.90 Å². The Labute approximate surface area is 95.1 Å². The number of carboxylic acid groups (broad SMARTS) is 1. The van der Waals surface area contributed by atoms with E-state index in [0.717, 1.165) is 4.47 Å². The average Bonchev–Trinajstić information content (AvgIpc) is 2.85. The highest BCUT2D eigenvalue weighted by Crippen LogP contribution is 2.46. The van der Waals surface area contributed by atoms with E-state index in [1.807, 2.05) is 5.38 Å². The van der Waals surface area contributed by atoms with Crippen molar-refractivity contribution in [1.82, 2.24) is 0 Å². The van der Waals surface area contributed by atoms with Gasteiger partial charge >= 0.3 is 5.97 Å². The van der Waals surface area contributed by atoms with Crippen LogP contribution in [0.3, 0.4) is 0 Å². The first-order valence-corrected chi connectivity index (χ1v) is 6.30. The fourth-order valence-electron chi connectivity index (χ4n) is 1.71. The number of carboxylic acids is 1. The molecule has 2 rings (SSSR count). The maximum Gasteiger partial charge on any atom is 0.304 e. The Bertz CT molecular complexity index is 344. The first kappa shape index (κ1) is 10.2. The maximum atomic E-state index is 10.7. The Morgan fingerprint density at radius 2 is 2.43 bits per heavy atom. The number of halogens is 1. The molecule has 1 heterocycles. The second-order valence-electron chi connectivity index (χ2n) is 3.71. The zero-order valence-electron chi connectivity index (χ0n) is 7.57. The van der Waals surface area contributed by atoms with Crippen molar-refractivity contribution in [3.63, 3.8) is 0 Å². The first-order chi connectivity index (χ1) is 6.66. The molecule has 0 saturated heterocycles. The van der Waals surface area contributed by atoms with Crippen LogP contribution in [0.5, 0.6) is 0 Å². The van der Waals surface area contributed by atoms with Crippen LogP contribution in [0.25, 0.3) is 0 Å². The minimum atomic E-state index is -0.688. The molecule has 2 nitrogen and oxygen atoms in total. The van der Waals surface area contributed by atoms with Crippen molar-refractivity contribution >= 4 is 33.2 Å². The van der Waals surface area contributed by atoms with Crippen LogP contribution in [0.2, 0.25) is 0 Å². The lowest BCUT2D eigenvalue weighted by atomic mass is 9.98. The van der Waals surface area contributed by atoms with Crippen LogP contribution < -0.4 is 0 Å². The lowest BCUT2D eigenvalue weighted by Gasteiger charge is -2.10. The Balaban J connectivity index is 2.13. The van der Waals surface area contributed by atoms with Crippen LogP contribution in [0.1, 0.15) is 30.1 Å². The second kappa shape index (κ2) is 4.03. The van der Waals surface area contributed by atoms with E-state index in [1.54, 1.807) is 11.3 Å². The molecule has 1 N–H and O–H groups in total. The van der Waals surface area contributed by atoms with Gasteiger partial charge in [0.2, 0.25) is 0 Å². The first-order valence-electron chi connectivity index (χ1n) is 4.62. The molecular weight excluding hydrogens is 264 g/mol. The molecule has 4 heteroatoms. The molecule has 1 fully saturated rings. The van der Waals surface area contributed by atoms with Crippen LogP contribution in [-0.2, 0) is 4.79 Å². The van der Waals surface area contributed by atoms with Gasteiger partial charge in [-0.05, 0) is 40.8 Å². The second-order valence-corrected chi connectivity index (χ2v) is 5.57. The molecule has 1 aromatic rings. The average molecular weight is 275 g/mol. The number of aliphatic carboxylic acids is 1. The van der Waals surface area contributed by atoms with Crippen molar-refractivity contribution in [2.45, 2.75) is 25.2 Å². The van der Waals surface area contributed by atoms with E-state index in [4.69, 9.17) is 5.11 Å². The molecule has 1 saturated carbocycles. The minimum absolute atomic E-state index is 0.240. The van der Waals surface area contributed by atoms with E-state index in [1.165, 1.54) is 17.7 Å². The van der Waals surface area contributed by atoms with Crippen molar-refractivity contribution in [3.8, 4) is 0 Å². The van der Waals surface area contributed by atoms with Gasteiger partial charge in [-0.25, -0.2) is 0 Å². The van der Waals surface area contributed by atoms with Gasteiger partial charge in [-0.2, -0.15) is 0 Å². The SMILES string of the molecule is O=C(O)CC(c1cc(Br)cs1)C1CC1. The van der Waals surface area contributed by atoms with Gasteiger partial charge in [0.15, 0.2) is 0 Å². The summed E-state index contributed by atoms with van der Waals surface area (Å²) in [5.41, 5.74) is 0. The normalized spacial score (nSPS) is 18.1. The lowest BCUT2D eigenvalue weighted by molar-refractivity contribution is -0.137. The third-order valence-corrected chi connectivity index (χ3v) is 4.36. The smallest absolute Gasteiger partial charge is 0.304 e. The molecule has 1 aliphatic rings.